The van der Waals surface area contributed by atoms with Crippen LogP contribution >= 0.6 is 0 Å². The first-order valence-electron chi connectivity index (χ1n) is 8.75. The van der Waals surface area contributed by atoms with Gasteiger partial charge in [0.25, 0.3) is 0 Å². The molecule has 0 saturated carbocycles. The molecule has 0 aliphatic heterocycles. The predicted octanol–water partition coefficient (Wildman–Crippen LogP) is 4.06. The molecule has 140 valence electrons. The van der Waals surface area contributed by atoms with Gasteiger partial charge >= 0.3 is 0 Å². The first-order chi connectivity index (χ1) is 13.2. The number of aliphatic imine (C=N–C) groups is 2. The van der Waals surface area contributed by atoms with Crippen LogP contribution < -0.4 is 0 Å². The Hall–Kier alpha value is -3.28. The molecular formula is C21H24N4O2. The number of nitrogens with zero attached hydrogens (tertiary/aromatic N) is 4. The molecule has 0 fully saturated rings. The highest BCUT2D eigenvalue weighted by Crippen LogP contribution is 2.05. The topological polar surface area (TPSA) is 89.9 Å². The lowest BCUT2D eigenvalue weighted by Crippen LogP contribution is -2.14. The van der Waals surface area contributed by atoms with Gasteiger partial charge in [-0.25, -0.2) is 0 Å². The molecule has 0 aromatic heterocycles. The number of hydrogen-bond acceptors (Lipinski definition) is 6. The van der Waals surface area contributed by atoms with E-state index in [4.69, 9.17) is 0 Å². The highest BCUT2D eigenvalue weighted by Gasteiger charge is 2.08. The highest BCUT2D eigenvalue weighted by molar-refractivity contribution is 6.48. The Balaban J connectivity index is 1.92. The van der Waals surface area contributed by atoms with E-state index in [2.05, 4.69) is 20.3 Å². The summed E-state index contributed by atoms with van der Waals surface area (Å²) in [7, 11) is 0. The summed E-state index contributed by atoms with van der Waals surface area (Å²) < 4.78 is 0. The Labute approximate surface area is 159 Å². The van der Waals surface area contributed by atoms with Crippen LogP contribution in [0.5, 0.6) is 0 Å². The van der Waals surface area contributed by atoms with Crippen molar-refractivity contribution in [2.45, 2.75) is 20.3 Å². The van der Waals surface area contributed by atoms with Gasteiger partial charge in [0.1, 0.15) is 11.4 Å². The van der Waals surface area contributed by atoms with Crippen molar-refractivity contribution >= 4 is 22.8 Å². The van der Waals surface area contributed by atoms with E-state index in [-0.39, 0.29) is 0 Å². The quantitative estimate of drug-likeness (QED) is 0.320. The fourth-order valence-electron chi connectivity index (χ4n) is 2.58. The minimum Gasteiger partial charge on any atom is -0.410 e. The molecule has 0 aliphatic carbocycles. The first kappa shape index (κ1) is 20.0. The molecule has 2 rings (SSSR count). The van der Waals surface area contributed by atoms with E-state index < -0.39 is 0 Å². The van der Waals surface area contributed by atoms with Crippen LogP contribution in [-0.2, 0) is 0 Å². The molecule has 0 spiro atoms. The second-order valence-electron chi connectivity index (χ2n) is 5.92. The van der Waals surface area contributed by atoms with E-state index in [1.165, 1.54) is 0 Å². The molecule has 6 heteroatoms. The summed E-state index contributed by atoms with van der Waals surface area (Å²) in [5, 5.41) is 25.3. The van der Waals surface area contributed by atoms with Crippen molar-refractivity contribution in [1.82, 2.24) is 0 Å². The minimum atomic E-state index is 0.467. The average Bonchev–Trinajstić information content (AvgIpc) is 2.70. The molecule has 0 saturated heterocycles. The lowest BCUT2D eigenvalue weighted by Gasteiger charge is -2.05. The summed E-state index contributed by atoms with van der Waals surface area (Å²) in [5.41, 5.74) is 3.92. The van der Waals surface area contributed by atoms with Gasteiger partial charge < -0.3 is 10.4 Å². The van der Waals surface area contributed by atoms with Gasteiger partial charge in [-0.1, -0.05) is 71.0 Å². The summed E-state index contributed by atoms with van der Waals surface area (Å²) >= 11 is 0. The van der Waals surface area contributed by atoms with Gasteiger partial charge in [0.15, 0.2) is 0 Å². The van der Waals surface area contributed by atoms with Crippen molar-refractivity contribution in [3.63, 3.8) is 0 Å². The normalized spacial score (nSPS) is 13.7. The zero-order chi connectivity index (χ0) is 19.5. The summed E-state index contributed by atoms with van der Waals surface area (Å²) in [5.74, 6) is 0. The van der Waals surface area contributed by atoms with Gasteiger partial charge in [-0.3, -0.25) is 9.98 Å². The summed E-state index contributed by atoms with van der Waals surface area (Å²) in [6.07, 6.45) is 0.732. The molecule has 0 aliphatic rings. The molecule has 0 bridgehead atoms. The van der Waals surface area contributed by atoms with E-state index in [0.29, 0.717) is 35.9 Å². The maximum atomic E-state index is 9.27. The number of hydrogen-bond donors (Lipinski definition) is 2. The van der Waals surface area contributed by atoms with Crippen LogP contribution in [0.3, 0.4) is 0 Å². The van der Waals surface area contributed by atoms with Gasteiger partial charge in [0.05, 0.1) is 11.4 Å². The summed E-state index contributed by atoms with van der Waals surface area (Å²) in [6, 6.07) is 18.9. The van der Waals surface area contributed by atoms with Crippen molar-refractivity contribution in [2.75, 3.05) is 13.1 Å². The fraction of sp³-hybridized carbons (Fsp3) is 0.238. The fourth-order valence-corrected chi connectivity index (χ4v) is 2.58. The van der Waals surface area contributed by atoms with Gasteiger partial charge in [-0.05, 0) is 20.3 Å². The average molecular weight is 364 g/mol. The summed E-state index contributed by atoms with van der Waals surface area (Å²) in [4.78, 5) is 8.94. The molecule has 0 unspecified atom stereocenters. The molecular weight excluding hydrogens is 340 g/mol. The van der Waals surface area contributed by atoms with E-state index in [0.717, 1.165) is 17.5 Å². The molecule has 6 nitrogen and oxygen atoms in total. The molecule has 2 aromatic rings. The lowest BCUT2D eigenvalue weighted by molar-refractivity contribution is 0.320. The minimum absolute atomic E-state index is 0.467. The number of benzene rings is 2. The monoisotopic (exact) mass is 364 g/mol. The van der Waals surface area contributed by atoms with Crippen LogP contribution in [0.2, 0.25) is 0 Å². The van der Waals surface area contributed by atoms with Crippen molar-refractivity contribution in [3.8, 4) is 0 Å². The van der Waals surface area contributed by atoms with Crippen molar-refractivity contribution < 1.29 is 10.4 Å². The van der Waals surface area contributed by atoms with Gasteiger partial charge in [-0.15, -0.1) is 0 Å². The maximum Gasteiger partial charge on any atom is 0.130 e. The third-order valence-electron chi connectivity index (χ3n) is 3.99. The molecule has 0 amide bonds. The SMILES string of the molecule is CC(=NCCCN=C(C)C(=NO)c1ccccc1)C(=NO)c1ccccc1. The standard InChI is InChI=1S/C21H24N4O2/c1-16(20(24-26)18-10-5-3-6-11-18)22-14-9-15-23-17(2)21(25-27)19-12-7-4-8-13-19/h3-8,10-13,26-27H,9,14-15H2,1-2H3. The van der Waals surface area contributed by atoms with E-state index in [1.54, 1.807) is 0 Å². The zero-order valence-corrected chi connectivity index (χ0v) is 15.6. The maximum absolute atomic E-state index is 9.27. The molecule has 27 heavy (non-hydrogen) atoms. The molecule has 2 aromatic carbocycles. The Morgan fingerprint density at radius 1 is 0.667 bits per heavy atom. The molecule has 0 radical (unpaired) electrons. The van der Waals surface area contributed by atoms with Crippen LogP contribution in [0, 0.1) is 0 Å². The molecule has 0 atom stereocenters. The predicted molar refractivity (Wildman–Crippen MR) is 110 cm³/mol. The largest absolute Gasteiger partial charge is 0.410 e. The van der Waals surface area contributed by atoms with Crippen LogP contribution in [0.25, 0.3) is 0 Å². The van der Waals surface area contributed by atoms with Crippen LogP contribution in [-0.4, -0.2) is 46.4 Å². The van der Waals surface area contributed by atoms with E-state index >= 15 is 0 Å². The number of oxime groups is 2. The Kier molecular flexibility index (Phi) is 7.91. The Morgan fingerprint density at radius 2 is 1.04 bits per heavy atom. The second-order valence-corrected chi connectivity index (χ2v) is 5.92. The van der Waals surface area contributed by atoms with Gasteiger partial charge in [0, 0.05) is 24.2 Å². The molecule has 2 N–H and O–H groups in total. The Morgan fingerprint density at radius 3 is 1.37 bits per heavy atom. The molecule has 0 heterocycles. The smallest absolute Gasteiger partial charge is 0.130 e. The zero-order valence-electron chi connectivity index (χ0n) is 15.6. The second kappa shape index (κ2) is 10.7. The van der Waals surface area contributed by atoms with Crippen molar-refractivity contribution in [1.29, 1.82) is 0 Å². The van der Waals surface area contributed by atoms with Crippen LogP contribution in [0.15, 0.2) is 81.0 Å². The summed E-state index contributed by atoms with van der Waals surface area (Å²) in [6.45, 7) is 4.77. The van der Waals surface area contributed by atoms with Crippen molar-refractivity contribution in [3.05, 3.63) is 71.8 Å². The van der Waals surface area contributed by atoms with Gasteiger partial charge in [-0.2, -0.15) is 0 Å². The van der Waals surface area contributed by atoms with Crippen molar-refractivity contribution in [2.24, 2.45) is 20.3 Å². The van der Waals surface area contributed by atoms with Crippen LogP contribution in [0.4, 0.5) is 0 Å². The van der Waals surface area contributed by atoms with Crippen LogP contribution in [0.1, 0.15) is 31.4 Å². The highest BCUT2D eigenvalue weighted by atomic mass is 16.4. The van der Waals surface area contributed by atoms with Gasteiger partial charge in [0.2, 0.25) is 0 Å². The van der Waals surface area contributed by atoms with E-state index in [1.807, 2.05) is 74.5 Å². The first-order valence-corrected chi connectivity index (χ1v) is 8.75. The third-order valence-corrected chi connectivity index (χ3v) is 3.99. The van der Waals surface area contributed by atoms with E-state index in [9.17, 15) is 10.4 Å². The lowest BCUT2D eigenvalue weighted by atomic mass is 10.1. The third kappa shape index (κ3) is 5.88. The number of rotatable bonds is 8. The Bertz CT molecular complexity index is 770.